The highest BCUT2D eigenvalue weighted by molar-refractivity contribution is 6.09. The number of aryl methyl sites for hydroxylation is 1. The van der Waals surface area contributed by atoms with Crippen LogP contribution in [-0.4, -0.2) is 0 Å². The Labute approximate surface area is 328 Å². The molecule has 55 heavy (non-hydrogen) atoms. The van der Waals surface area contributed by atoms with E-state index in [1.165, 1.54) is 77.5 Å². The number of nitrogens with zero attached hydrogens (tertiary/aromatic N) is 1. The molecular formula is C53H55NO. The molecule has 0 fully saturated rings. The van der Waals surface area contributed by atoms with Crippen LogP contribution in [0.5, 0.6) is 0 Å². The summed E-state index contributed by atoms with van der Waals surface area (Å²) in [5.41, 5.74) is 21.4. The topological polar surface area (TPSA) is 16.4 Å². The second kappa shape index (κ2) is 12.0. The lowest BCUT2D eigenvalue weighted by atomic mass is 9.79. The predicted octanol–water partition coefficient (Wildman–Crippen LogP) is 15.5. The van der Waals surface area contributed by atoms with Gasteiger partial charge in [0.2, 0.25) is 0 Å². The molecule has 0 spiro atoms. The fraction of sp³-hybridized carbons (Fsp3) is 0.321. The van der Waals surface area contributed by atoms with Gasteiger partial charge in [-0.3, -0.25) is 0 Å². The Hall–Kier alpha value is -5.08. The van der Waals surface area contributed by atoms with Gasteiger partial charge in [-0.15, -0.1) is 0 Å². The van der Waals surface area contributed by atoms with E-state index in [9.17, 15) is 0 Å². The van der Waals surface area contributed by atoms with Crippen LogP contribution < -0.4 is 4.90 Å². The maximum absolute atomic E-state index is 6.86. The molecule has 0 N–H and O–H groups in total. The lowest BCUT2D eigenvalue weighted by Crippen LogP contribution is -2.19. The van der Waals surface area contributed by atoms with E-state index in [1.807, 2.05) is 0 Å². The van der Waals surface area contributed by atoms with Crippen LogP contribution in [0.1, 0.15) is 133 Å². The molecule has 0 bridgehead atoms. The molecule has 2 aliphatic carbocycles. The first-order valence-electron chi connectivity index (χ1n) is 20.3. The minimum atomic E-state index is -0.145. The van der Waals surface area contributed by atoms with Crippen molar-refractivity contribution in [2.75, 3.05) is 4.90 Å². The molecule has 2 heteroatoms. The Morgan fingerprint density at radius 3 is 1.73 bits per heavy atom. The van der Waals surface area contributed by atoms with Gasteiger partial charge in [0.05, 0.1) is 5.69 Å². The van der Waals surface area contributed by atoms with Gasteiger partial charge in [-0.25, -0.2) is 0 Å². The van der Waals surface area contributed by atoms with Gasteiger partial charge in [0.15, 0.2) is 0 Å². The van der Waals surface area contributed by atoms with Crippen molar-refractivity contribution in [1.82, 2.24) is 0 Å². The van der Waals surface area contributed by atoms with Crippen LogP contribution >= 0.6 is 0 Å². The Morgan fingerprint density at radius 2 is 1.13 bits per heavy atom. The smallest absolute Gasteiger partial charge is 0.137 e. The van der Waals surface area contributed by atoms with E-state index in [0.717, 1.165) is 28.2 Å². The fourth-order valence-corrected chi connectivity index (χ4v) is 9.72. The van der Waals surface area contributed by atoms with Crippen molar-refractivity contribution < 1.29 is 4.42 Å². The van der Waals surface area contributed by atoms with Gasteiger partial charge in [0.25, 0.3) is 0 Å². The molecule has 0 unspecified atom stereocenters. The largest absolute Gasteiger partial charge is 0.456 e. The molecule has 7 aromatic rings. The Morgan fingerprint density at radius 1 is 0.564 bits per heavy atom. The third-order valence-corrected chi connectivity index (χ3v) is 13.1. The maximum Gasteiger partial charge on any atom is 0.137 e. The van der Waals surface area contributed by atoms with E-state index in [1.54, 1.807) is 0 Å². The van der Waals surface area contributed by atoms with Gasteiger partial charge in [0, 0.05) is 39.0 Å². The van der Waals surface area contributed by atoms with Crippen LogP contribution in [0.25, 0.3) is 44.2 Å². The van der Waals surface area contributed by atoms with Crippen LogP contribution in [0.3, 0.4) is 0 Å². The molecule has 0 saturated carbocycles. The molecule has 278 valence electrons. The molecule has 1 aromatic heterocycles. The van der Waals surface area contributed by atoms with Crippen molar-refractivity contribution in [3.05, 3.63) is 148 Å². The van der Waals surface area contributed by atoms with Crippen molar-refractivity contribution >= 4 is 39.0 Å². The zero-order valence-electron chi connectivity index (χ0n) is 34.8. The monoisotopic (exact) mass is 721 g/mol. The van der Waals surface area contributed by atoms with Gasteiger partial charge in [0.1, 0.15) is 11.2 Å². The fourth-order valence-electron chi connectivity index (χ4n) is 9.72. The van der Waals surface area contributed by atoms with Gasteiger partial charge in [-0.05, 0) is 127 Å². The molecule has 2 nitrogen and oxygen atoms in total. The lowest BCUT2D eigenvalue weighted by molar-refractivity contribution is 0.584. The summed E-state index contributed by atoms with van der Waals surface area (Å²) in [5, 5.41) is 2.44. The molecule has 0 aliphatic heterocycles. The highest BCUT2D eigenvalue weighted by atomic mass is 16.3. The van der Waals surface area contributed by atoms with E-state index in [2.05, 4.69) is 191 Å². The minimum absolute atomic E-state index is 0.0853. The molecule has 0 amide bonds. The van der Waals surface area contributed by atoms with E-state index in [-0.39, 0.29) is 16.2 Å². The van der Waals surface area contributed by atoms with Crippen LogP contribution in [0.15, 0.2) is 108 Å². The first-order chi connectivity index (χ1) is 26.0. The van der Waals surface area contributed by atoms with Crippen LogP contribution in [0.4, 0.5) is 17.1 Å². The average molecular weight is 722 g/mol. The lowest BCUT2D eigenvalue weighted by Gasteiger charge is -2.30. The Balaban J connectivity index is 1.27. The average Bonchev–Trinajstić information content (AvgIpc) is 3.69. The van der Waals surface area contributed by atoms with Crippen molar-refractivity contribution in [2.24, 2.45) is 0 Å². The van der Waals surface area contributed by atoms with E-state index in [4.69, 9.17) is 4.42 Å². The van der Waals surface area contributed by atoms with Crippen molar-refractivity contribution in [3.8, 4) is 22.3 Å². The first-order valence-corrected chi connectivity index (χ1v) is 20.3. The summed E-state index contributed by atoms with van der Waals surface area (Å²) in [6, 6.07) is 39.7. The number of furan rings is 1. The summed E-state index contributed by atoms with van der Waals surface area (Å²) < 4.78 is 6.86. The number of hydrogen-bond donors (Lipinski definition) is 0. The third-order valence-electron chi connectivity index (χ3n) is 13.1. The highest BCUT2D eigenvalue weighted by Crippen LogP contribution is 2.54. The summed E-state index contributed by atoms with van der Waals surface area (Å²) in [7, 11) is 0. The summed E-state index contributed by atoms with van der Waals surface area (Å²) >= 11 is 0. The Bertz CT molecular complexity index is 2710. The van der Waals surface area contributed by atoms with E-state index in [0.29, 0.717) is 11.8 Å². The molecule has 0 radical (unpaired) electrons. The van der Waals surface area contributed by atoms with Crippen molar-refractivity contribution in [3.63, 3.8) is 0 Å². The minimum Gasteiger partial charge on any atom is -0.456 e. The van der Waals surface area contributed by atoms with Gasteiger partial charge in [-0.2, -0.15) is 0 Å². The van der Waals surface area contributed by atoms with Crippen molar-refractivity contribution in [1.29, 1.82) is 0 Å². The first kappa shape index (κ1) is 35.6. The van der Waals surface area contributed by atoms with Gasteiger partial charge < -0.3 is 9.32 Å². The van der Waals surface area contributed by atoms with Crippen molar-refractivity contribution in [2.45, 2.75) is 111 Å². The molecular weight excluding hydrogens is 667 g/mol. The highest BCUT2D eigenvalue weighted by Gasteiger charge is 2.38. The second-order valence-electron chi connectivity index (χ2n) is 19.1. The zero-order valence-corrected chi connectivity index (χ0v) is 34.8. The zero-order chi connectivity index (χ0) is 38.9. The quantitative estimate of drug-likeness (QED) is 0.176. The molecule has 9 rings (SSSR count). The maximum atomic E-state index is 6.86. The predicted molar refractivity (Wildman–Crippen MR) is 235 cm³/mol. The molecule has 2 aliphatic rings. The van der Waals surface area contributed by atoms with Crippen LogP contribution in [0.2, 0.25) is 0 Å². The standard InChI is InChI=1S/C53H55NO/c1-30(2)33-24-41(31(3)4)50-42-23-32(5)47(29-48(42)55-49(50)25-33)54(35-18-21-39-37-15-13-14-16-43(37)52(9,10)45(39)27-35)36-19-22-40-38-20-17-34(51(6,7)8)26-44(38)53(11,12)46(40)28-36/h13-31H,1-12H3. The summed E-state index contributed by atoms with van der Waals surface area (Å²) in [4.78, 5) is 2.49. The number of anilines is 3. The summed E-state index contributed by atoms with van der Waals surface area (Å²) in [6.07, 6.45) is 0. The van der Waals surface area contributed by atoms with Crippen LogP contribution in [0, 0.1) is 6.92 Å². The number of benzene rings is 6. The second-order valence-corrected chi connectivity index (χ2v) is 19.1. The molecule has 0 saturated heterocycles. The van der Waals surface area contributed by atoms with Gasteiger partial charge in [-0.1, -0.05) is 137 Å². The SMILES string of the molecule is Cc1cc2c(cc1N(c1ccc3c(c1)C(C)(C)c1ccccc1-3)c1ccc3c(c1)C(C)(C)c1cc(C(C)(C)C)ccc1-3)oc1cc(C(C)C)cc(C(C)C)c12. The van der Waals surface area contributed by atoms with Gasteiger partial charge >= 0.3 is 0 Å². The molecule has 0 atom stereocenters. The molecule has 6 aromatic carbocycles. The number of hydrogen-bond acceptors (Lipinski definition) is 2. The molecule has 1 heterocycles. The third kappa shape index (κ3) is 5.27. The summed E-state index contributed by atoms with van der Waals surface area (Å²) in [5.74, 6) is 0.809. The van der Waals surface area contributed by atoms with E-state index < -0.39 is 0 Å². The normalized spacial score (nSPS) is 15.2. The summed E-state index contributed by atoms with van der Waals surface area (Å²) in [6.45, 7) is 27.9. The number of fused-ring (bicyclic) bond motifs is 9. The Kier molecular flexibility index (Phi) is 7.74. The van der Waals surface area contributed by atoms with E-state index >= 15 is 0 Å². The van der Waals surface area contributed by atoms with Crippen LogP contribution in [-0.2, 0) is 16.2 Å². The number of rotatable bonds is 5.